The Labute approximate surface area is 200 Å². The number of hydrogen-bond acceptors (Lipinski definition) is 5. The fourth-order valence-corrected chi connectivity index (χ4v) is 4.03. The van der Waals surface area contributed by atoms with E-state index < -0.39 is 20.5 Å². The first kappa shape index (κ1) is 29.6. The van der Waals surface area contributed by atoms with E-state index >= 15 is 0 Å². The van der Waals surface area contributed by atoms with Crippen molar-refractivity contribution in [3.8, 4) is 0 Å². The summed E-state index contributed by atoms with van der Waals surface area (Å²) in [7, 11) is -5.09. The molecule has 1 rings (SSSR count). The van der Waals surface area contributed by atoms with Gasteiger partial charge in [0.15, 0.2) is 0 Å². The molecule has 0 aliphatic carbocycles. The van der Waals surface area contributed by atoms with Crippen LogP contribution in [0.25, 0.3) is 0 Å². The molecule has 0 fully saturated rings. The molecule has 1 amide bonds. The summed E-state index contributed by atoms with van der Waals surface area (Å²) >= 11 is 0. The number of rotatable bonds is 20. The van der Waals surface area contributed by atoms with Gasteiger partial charge in [-0.1, -0.05) is 101 Å². The van der Waals surface area contributed by atoms with Gasteiger partial charge in [-0.05, 0) is 37.7 Å². The summed E-state index contributed by atoms with van der Waals surface area (Å²) < 4.78 is 15.2. The summed E-state index contributed by atoms with van der Waals surface area (Å²) in [4.78, 5) is 33.9. The minimum atomic E-state index is -5.09. The Hall–Kier alpha value is -1.46. The van der Waals surface area contributed by atoms with E-state index in [4.69, 9.17) is 0 Å². The monoisotopic (exact) mass is 479 g/mol. The molecule has 7 heteroatoms. The van der Waals surface area contributed by atoms with Crippen LogP contribution in [0.2, 0.25) is 0 Å². The van der Waals surface area contributed by atoms with Crippen LogP contribution in [0.4, 0.5) is 0 Å². The maximum Gasteiger partial charge on any atom is 0.220 e. The van der Waals surface area contributed by atoms with Gasteiger partial charge in [-0.15, -0.1) is 0 Å². The molecule has 0 aliphatic heterocycles. The first-order valence-electron chi connectivity index (χ1n) is 12.6. The largest absolute Gasteiger partial charge is 0.790 e. The summed E-state index contributed by atoms with van der Waals surface area (Å²) in [5, 5.41) is 2.78. The number of amides is 1. The summed E-state index contributed by atoms with van der Waals surface area (Å²) in [6.07, 6.45) is 20.5. The second-order valence-electron chi connectivity index (χ2n) is 8.61. The van der Waals surface area contributed by atoms with Gasteiger partial charge in [0, 0.05) is 6.42 Å². The van der Waals surface area contributed by atoms with E-state index in [2.05, 4.69) is 28.9 Å². The van der Waals surface area contributed by atoms with Gasteiger partial charge in [-0.25, -0.2) is 0 Å². The maximum atomic E-state index is 12.3. The quantitative estimate of drug-likeness (QED) is 0.146. The molecule has 1 atom stereocenters. The molecule has 0 saturated carbocycles. The van der Waals surface area contributed by atoms with E-state index in [1.54, 1.807) is 24.3 Å². The predicted molar refractivity (Wildman–Crippen MR) is 130 cm³/mol. The van der Waals surface area contributed by atoms with Crippen molar-refractivity contribution in [2.75, 3.05) is 6.61 Å². The van der Waals surface area contributed by atoms with E-state index in [-0.39, 0.29) is 5.91 Å². The molecule has 0 aromatic heterocycles. The van der Waals surface area contributed by atoms with Gasteiger partial charge in [0.1, 0.15) is 0 Å². The predicted octanol–water partition coefficient (Wildman–Crippen LogP) is 5.73. The minimum Gasteiger partial charge on any atom is -0.790 e. The molecule has 1 aromatic rings. The Kier molecular flexibility index (Phi) is 16.9. The molecule has 0 unspecified atom stereocenters. The number of benzene rings is 1. The molecule has 0 radical (unpaired) electrons. The van der Waals surface area contributed by atoms with E-state index in [1.165, 1.54) is 51.4 Å². The van der Waals surface area contributed by atoms with Crippen molar-refractivity contribution in [1.82, 2.24) is 5.32 Å². The molecule has 6 nitrogen and oxygen atoms in total. The smallest absolute Gasteiger partial charge is 0.220 e. The average molecular weight is 480 g/mol. The second-order valence-corrected chi connectivity index (χ2v) is 9.76. The third-order valence-corrected chi connectivity index (χ3v) is 6.07. The SMILES string of the molecule is CCCCCCCC/C=C\CCCCCCCC(=O)N[C@H](COP(=O)([O-])[O-])c1ccccc1. The summed E-state index contributed by atoms with van der Waals surface area (Å²) in [6, 6.07) is 8.24. The van der Waals surface area contributed by atoms with Gasteiger partial charge in [0.05, 0.1) is 20.5 Å². The number of allylic oxidation sites excluding steroid dienone is 2. The number of carbonyl (C=O) groups is 1. The fraction of sp³-hybridized carbons (Fsp3) is 0.654. The molecule has 33 heavy (non-hydrogen) atoms. The first-order valence-corrected chi connectivity index (χ1v) is 14.0. The Balaban J connectivity index is 2.11. The molecule has 0 spiro atoms. The van der Waals surface area contributed by atoms with Crippen molar-refractivity contribution in [2.24, 2.45) is 0 Å². The van der Waals surface area contributed by atoms with Crippen LogP contribution in [0, 0.1) is 0 Å². The van der Waals surface area contributed by atoms with Crippen LogP contribution in [0.5, 0.6) is 0 Å². The van der Waals surface area contributed by atoms with Crippen LogP contribution >= 0.6 is 7.82 Å². The summed E-state index contributed by atoms with van der Waals surface area (Å²) in [5.41, 5.74) is 0.698. The molecular formula is C26H42NO5P-2. The lowest BCUT2D eigenvalue weighted by Crippen LogP contribution is -2.32. The molecule has 188 valence electrons. The van der Waals surface area contributed by atoms with Crippen molar-refractivity contribution in [1.29, 1.82) is 0 Å². The number of phosphoric ester groups is 1. The lowest BCUT2D eigenvalue weighted by molar-refractivity contribution is -0.342. The highest BCUT2D eigenvalue weighted by molar-refractivity contribution is 7.43. The second kappa shape index (κ2) is 18.9. The number of hydrogen-bond donors (Lipinski definition) is 1. The van der Waals surface area contributed by atoms with Gasteiger partial charge in [0.25, 0.3) is 0 Å². The number of unbranched alkanes of at least 4 members (excludes halogenated alkanes) is 11. The van der Waals surface area contributed by atoms with Gasteiger partial charge >= 0.3 is 0 Å². The Morgan fingerprint density at radius 2 is 1.45 bits per heavy atom. The minimum absolute atomic E-state index is 0.170. The Bertz CT molecular complexity index is 689. The molecule has 0 heterocycles. The van der Waals surface area contributed by atoms with Gasteiger partial charge in [0.2, 0.25) is 5.91 Å². The zero-order valence-corrected chi connectivity index (χ0v) is 21.1. The molecular weight excluding hydrogens is 437 g/mol. The fourth-order valence-electron chi connectivity index (χ4n) is 3.70. The van der Waals surface area contributed by atoms with E-state index in [1.807, 2.05) is 6.07 Å². The number of nitrogens with one attached hydrogen (secondary N) is 1. The van der Waals surface area contributed by atoms with Crippen molar-refractivity contribution in [3.63, 3.8) is 0 Å². The third kappa shape index (κ3) is 17.7. The van der Waals surface area contributed by atoms with Crippen LogP contribution in [0.1, 0.15) is 108 Å². The molecule has 1 N–H and O–H groups in total. The first-order chi connectivity index (χ1) is 15.9. The lowest BCUT2D eigenvalue weighted by atomic mass is 10.1. The molecule has 0 aliphatic rings. The normalized spacial score (nSPS) is 12.8. The van der Waals surface area contributed by atoms with Crippen LogP contribution in [0.3, 0.4) is 0 Å². The Morgan fingerprint density at radius 1 is 0.909 bits per heavy atom. The molecule has 1 aromatic carbocycles. The van der Waals surface area contributed by atoms with Crippen LogP contribution in [-0.2, 0) is 13.9 Å². The van der Waals surface area contributed by atoms with E-state index in [9.17, 15) is 19.1 Å². The standard InChI is InChI=1S/C26H44NO5P/c1-2-3-4-5-6-7-8-9-10-11-12-13-14-15-19-22-26(28)27-25(23-32-33(29,30)31)24-20-17-16-18-21-24/h9-10,16-18,20-21,25H,2-8,11-15,19,22-23H2,1H3,(H,27,28)(H2,29,30,31)/p-2/b10-9-/t25-/m1/s1. The van der Waals surface area contributed by atoms with Gasteiger partial charge < -0.3 is 24.2 Å². The van der Waals surface area contributed by atoms with Gasteiger partial charge in [-0.3, -0.25) is 4.79 Å². The summed E-state index contributed by atoms with van der Waals surface area (Å²) in [6.45, 7) is 1.85. The van der Waals surface area contributed by atoms with E-state index in [0.29, 0.717) is 12.0 Å². The summed E-state index contributed by atoms with van der Waals surface area (Å²) in [5.74, 6) is -0.170. The van der Waals surface area contributed by atoms with Crippen LogP contribution in [0.15, 0.2) is 42.5 Å². The number of phosphoric acid groups is 1. The Morgan fingerprint density at radius 3 is 2.03 bits per heavy atom. The molecule has 0 saturated heterocycles. The molecule has 0 bridgehead atoms. The average Bonchev–Trinajstić information content (AvgIpc) is 2.79. The van der Waals surface area contributed by atoms with Gasteiger partial charge in [-0.2, -0.15) is 0 Å². The highest BCUT2D eigenvalue weighted by atomic mass is 31.2. The zero-order valence-electron chi connectivity index (χ0n) is 20.2. The van der Waals surface area contributed by atoms with Crippen LogP contribution < -0.4 is 15.1 Å². The van der Waals surface area contributed by atoms with Crippen molar-refractivity contribution < 1.29 is 23.7 Å². The van der Waals surface area contributed by atoms with E-state index in [0.717, 1.165) is 32.1 Å². The lowest BCUT2D eigenvalue weighted by Gasteiger charge is -2.31. The van der Waals surface area contributed by atoms with Crippen molar-refractivity contribution in [2.45, 2.75) is 103 Å². The maximum absolute atomic E-state index is 12.3. The van der Waals surface area contributed by atoms with Crippen molar-refractivity contribution in [3.05, 3.63) is 48.0 Å². The van der Waals surface area contributed by atoms with Crippen molar-refractivity contribution >= 4 is 13.7 Å². The topological polar surface area (TPSA) is 102 Å². The third-order valence-electron chi connectivity index (χ3n) is 5.60. The highest BCUT2D eigenvalue weighted by Gasteiger charge is 2.15. The zero-order chi connectivity index (χ0) is 24.2. The number of carbonyl (C=O) groups excluding carboxylic acids is 1. The highest BCUT2D eigenvalue weighted by Crippen LogP contribution is 2.27. The van der Waals surface area contributed by atoms with Crippen LogP contribution in [-0.4, -0.2) is 12.5 Å².